The molecule has 1 aliphatic rings. The molecule has 0 saturated carbocycles. The van der Waals surface area contributed by atoms with Crippen LogP contribution in [0.5, 0.6) is 0 Å². The van der Waals surface area contributed by atoms with Crippen LogP contribution in [0.3, 0.4) is 0 Å². The number of rotatable bonds is 4. The van der Waals surface area contributed by atoms with Crippen LogP contribution in [0.1, 0.15) is 37.1 Å². The van der Waals surface area contributed by atoms with Crippen LogP contribution in [0.25, 0.3) is 5.65 Å². The zero-order chi connectivity index (χ0) is 19.7. The molecule has 7 heteroatoms. The minimum absolute atomic E-state index is 0.0240. The van der Waals surface area contributed by atoms with Gasteiger partial charge in [-0.2, -0.15) is 0 Å². The topological polar surface area (TPSA) is 62.5 Å². The van der Waals surface area contributed by atoms with Crippen molar-refractivity contribution in [3.63, 3.8) is 0 Å². The van der Waals surface area contributed by atoms with Gasteiger partial charge in [0.25, 0.3) is 0 Å². The molecule has 3 heterocycles. The Kier molecular flexibility index (Phi) is 5.46. The van der Waals surface area contributed by atoms with Gasteiger partial charge in [-0.15, -0.1) is 10.2 Å². The van der Waals surface area contributed by atoms with E-state index in [0.29, 0.717) is 5.92 Å². The fourth-order valence-corrected chi connectivity index (χ4v) is 4.40. The number of fused-ring (bicyclic) bond motifs is 1. The Morgan fingerprint density at radius 1 is 1.21 bits per heavy atom. The van der Waals surface area contributed by atoms with Crippen molar-refractivity contribution in [2.75, 3.05) is 18.4 Å². The summed E-state index contributed by atoms with van der Waals surface area (Å²) in [6, 6.07) is 11.7. The molecular weight excluding hydrogens is 418 g/mol. The second-order valence-electron chi connectivity index (χ2n) is 7.45. The molecule has 1 aromatic carbocycles. The van der Waals surface area contributed by atoms with Gasteiger partial charge in [0.15, 0.2) is 5.65 Å². The zero-order valence-electron chi connectivity index (χ0n) is 16.1. The van der Waals surface area contributed by atoms with E-state index >= 15 is 0 Å². The predicted octanol–water partition coefficient (Wildman–Crippen LogP) is 4.01. The maximum absolute atomic E-state index is 12.7. The molecule has 4 rings (SSSR count). The third kappa shape index (κ3) is 3.82. The van der Waals surface area contributed by atoms with Gasteiger partial charge >= 0.3 is 0 Å². The molecule has 1 N–H and O–H groups in total. The standard InChI is InChI=1S/C21H24BrN5O/c1-14-6-7-18(17(22)13-14)23-21(28)15(2)26-11-8-16(9-12-26)20-25-24-19-5-3-4-10-27(19)20/h3-7,10,13,15-16H,8-9,11-12H2,1-2H3,(H,23,28). The van der Waals surface area contributed by atoms with Crippen molar-refractivity contribution in [1.82, 2.24) is 19.5 Å². The van der Waals surface area contributed by atoms with E-state index in [1.807, 2.05) is 56.4 Å². The average Bonchev–Trinajstić information content (AvgIpc) is 3.14. The first kappa shape index (κ1) is 19.1. The van der Waals surface area contributed by atoms with Crippen LogP contribution < -0.4 is 5.32 Å². The molecule has 6 nitrogen and oxygen atoms in total. The number of benzene rings is 1. The molecule has 1 amide bonds. The number of aryl methyl sites for hydroxylation is 1. The number of pyridine rings is 1. The van der Waals surface area contributed by atoms with Crippen molar-refractivity contribution in [1.29, 1.82) is 0 Å². The Labute approximate surface area is 173 Å². The number of carbonyl (C=O) groups is 1. The van der Waals surface area contributed by atoms with Crippen molar-refractivity contribution < 1.29 is 4.79 Å². The van der Waals surface area contributed by atoms with Gasteiger partial charge in [-0.1, -0.05) is 12.1 Å². The lowest BCUT2D eigenvalue weighted by Crippen LogP contribution is -2.46. The van der Waals surface area contributed by atoms with Gasteiger partial charge in [0.2, 0.25) is 5.91 Å². The maximum Gasteiger partial charge on any atom is 0.241 e. The molecule has 1 atom stereocenters. The highest BCUT2D eigenvalue weighted by atomic mass is 79.9. The van der Waals surface area contributed by atoms with E-state index in [9.17, 15) is 4.79 Å². The Bertz CT molecular complexity index is 993. The van der Waals surface area contributed by atoms with Crippen LogP contribution in [0.4, 0.5) is 5.69 Å². The summed E-state index contributed by atoms with van der Waals surface area (Å²) in [5.74, 6) is 1.42. The Hall–Kier alpha value is -2.25. The molecule has 1 unspecified atom stereocenters. The van der Waals surface area contributed by atoms with E-state index in [4.69, 9.17) is 0 Å². The van der Waals surface area contributed by atoms with Crippen molar-refractivity contribution >= 4 is 33.2 Å². The third-order valence-corrected chi connectivity index (χ3v) is 6.20. The van der Waals surface area contributed by atoms with Gasteiger partial charge in [0.1, 0.15) is 5.82 Å². The normalized spacial score (nSPS) is 17.0. The van der Waals surface area contributed by atoms with E-state index in [-0.39, 0.29) is 11.9 Å². The lowest BCUT2D eigenvalue weighted by Gasteiger charge is -2.34. The first-order valence-electron chi connectivity index (χ1n) is 9.63. The third-order valence-electron chi connectivity index (χ3n) is 5.54. The zero-order valence-corrected chi connectivity index (χ0v) is 17.7. The van der Waals surface area contributed by atoms with Crippen LogP contribution in [-0.2, 0) is 4.79 Å². The summed E-state index contributed by atoms with van der Waals surface area (Å²) in [4.78, 5) is 15.0. The highest BCUT2D eigenvalue weighted by Crippen LogP contribution is 2.29. The first-order chi connectivity index (χ1) is 13.5. The molecule has 3 aromatic rings. The van der Waals surface area contributed by atoms with Gasteiger partial charge < -0.3 is 5.32 Å². The molecule has 0 aliphatic carbocycles. The van der Waals surface area contributed by atoms with E-state index in [1.54, 1.807) is 0 Å². The van der Waals surface area contributed by atoms with Crippen LogP contribution >= 0.6 is 15.9 Å². The largest absolute Gasteiger partial charge is 0.324 e. The first-order valence-corrected chi connectivity index (χ1v) is 10.4. The summed E-state index contributed by atoms with van der Waals surface area (Å²) in [6.07, 6.45) is 3.97. The number of nitrogens with zero attached hydrogens (tertiary/aromatic N) is 4. The number of likely N-dealkylation sites (tertiary alicyclic amines) is 1. The molecule has 28 heavy (non-hydrogen) atoms. The summed E-state index contributed by atoms with van der Waals surface area (Å²) in [6.45, 7) is 5.75. The molecule has 1 saturated heterocycles. The number of hydrogen-bond acceptors (Lipinski definition) is 4. The fraction of sp³-hybridized carbons (Fsp3) is 0.381. The van der Waals surface area contributed by atoms with E-state index in [2.05, 4.69) is 40.7 Å². The molecule has 0 radical (unpaired) electrons. The number of halogens is 1. The summed E-state index contributed by atoms with van der Waals surface area (Å²) in [5.41, 5.74) is 2.85. The fourth-order valence-electron chi connectivity index (χ4n) is 3.81. The molecule has 1 aliphatic heterocycles. The number of aromatic nitrogens is 3. The molecule has 0 spiro atoms. The number of carbonyl (C=O) groups excluding carboxylic acids is 1. The van der Waals surface area contributed by atoms with Gasteiger partial charge in [0, 0.05) is 16.6 Å². The molecule has 146 valence electrons. The van der Waals surface area contributed by atoms with Gasteiger partial charge in [-0.05, 0) is 85.5 Å². The number of amides is 1. The van der Waals surface area contributed by atoms with Crippen molar-refractivity contribution in [2.24, 2.45) is 0 Å². The molecule has 2 aromatic heterocycles. The Balaban J connectivity index is 1.38. The number of piperidine rings is 1. The highest BCUT2D eigenvalue weighted by molar-refractivity contribution is 9.10. The lowest BCUT2D eigenvalue weighted by molar-refractivity contribution is -0.121. The number of nitrogens with one attached hydrogen (secondary N) is 1. The lowest BCUT2D eigenvalue weighted by atomic mass is 9.95. The minimum Gasteiger partial charge on any atom is -0.324 e. The second kappa shape index (κ2) is 8.01. The monoisotopic (exact) mass is 441 g/mol. The summed E-state index contributed by atoms with van der Waals surface area (Å²) in [7, 11) is 0. The smallest absolute Gasteiger partial charge is 0.241 e. The summed E-state index contributed by atoms with van der Waals surface area (Å²) in [5, 5.41) is 11.7. The SMILES string of the molecule is Cc1ccc(NC(=O)C(C)N2CCC(c3nnc4ccccn34)CC2)c(Br)c1. The number of hydrogen-bond donors (Lipinski definition) is 1. The van der Waals surface area contributed by atoms with Gasteiger partial charge in [-0.25, -0.2) is 0 Å². The summed E-state index contributed by atoms with van der Waals surface area (Å²) >= 11 is 3.53. The van der Waals surface area contributed by atoms with Gasteiger partial charge in [-0.3, -0.25) is 14.1 Å². The Morgan fingerprint density at radius 3 is 2.75 bits per heavy atom. The Morgan fingerprint density at radius 2 is 2.00 bits per heavy atom. The second-order valence-corrected chi connectivity index (χ2v) is 8.30. The van der Waals surface area contributed by atoms with Crippen molar-refractivity contribution in [2.45, 2.75) is 38.6 Å². The number of anilines is 1. The van der Waals surface area contributed by atoms with Crippen LogP contribution in [0, 0.1) is 6.92 Å². The van der Waals surface area contributed by atoms with Crippen LogP contribution in [0.15, 0.2) is 47.1 Å². The summed E-state index contributed by atoms with van der Waals surface area (Å²) < 4.78 is 2.98. The molecular formula is C21H24BrN5O. The van der Waals surface area contributed by atoms with E-state index < -0.39 is 0 Å². The molecule has 0 bridgehead atoms. The van der Waals surface area contributed by atoms with Crippen LogP contribution in [-0.4, -0.2) is 44.5 Å². The maximum atomic E-state index is 12.7. The average molecular weight is 442 g/mol. The van der Waals surface area contributed by atoms with E-state index in [0.717, 1.165) is 53.1 Å². The van der Waals surface area contributed by atoms with E-state index in [1.165, 1.54) is 0 Å². The molecule has 1 fully saturated rings. The van der Waals surface area contributed by atoms with Crippen LogP contribution in [0.2, 0.25) is 0 Å². The predicted molar refractivity (Wildman–Crippen MR) is 114 cm³/mol. The highest BCUT2D eigenvalue weighted by Gasteiger charge is 2.29. The van der Waals surface area contributed by atoms with Crippen molar-refractivity contribution in [3.05, 3.63) is 58.5 Å². The minimum atomic E-state index is -0.177. The quantitative estimate of drug-likeness (QED) is 0.664. The van der Waals surface area contributed by atoms with Crippen molar-refractivity contribution in [3.8, 4) is 0 Å². The van der Waals surface area contributed by atoms with Gasteiger partial charge in [0.05, 0.1) is 11.7 Å².